The summed E-state index contributed by atoms with van der Waals surface area (Å²) in [5.41, 5.74) is 9.09. The molecule has 98 valence electrons. The van der Waals surface area contributed by atoms with Crippen molar-refractivity contribution < 1.29 is 4.79 Å². The molecule has 0 radical (unpaired) electrons. The highest BCUT2D eigenvalue weighted by Gasteiger charge is 2.27. The number of nitrogen functional groups attached to an aromatic ring is 1. The van der Waals surface area contributed by atoms with Gasteiger partial charge in [0.1, 0.15) is 0 Å². The van der Waals surface area contributed by atoms with Crippen LogP contribution < -0.4 is 11.1 Å². The van der Waals surface area contributed by atoms with Gasteiger partial charge in [-0.2, -0.15) is 0 Å². The molecule has 1 aromatic carbocycles. The Labute approximate surface area is 108 Å². The summed E-state index contributed by atoms with van der Waals surface area (Å²) in [5, 5.41) is 2.94. The third-order valence-electron chi connectivity index (χ3n) is 3.45. The molecule has 3 N–H and O–H groups in total. The first-order valence-electron chi connectivity index (χ1n) is 6.51. The van der Waals surface area contributed by atoms with Gasteiger partial charge in [0.15, 0.2) is 0 Å². The number of nitrogens with one attached hydrogen (secondary N) is 1. The van der Waals surface area contributed by atoms with Crippen molar-refractivity contribution in [1.29, 1.82) is 0 Å². The minimum Gasteiger partial charge on any atom is -0.399 e. The molecule has 18 heavy (non-hydrogen) atoms. The normalized spacial score (nSPS) is 16.3. The second kappa shape index (κ2) is 5.40. The van der Waals surface area contributed by atoms with Crippen LogP contribution in [0.1, 0.15) is 31.4 Å². The van der Waals surface area contributed by atoms with Gasteiger partial charge >= 0.3 is 0 Å². The number of rotatable bonds is 4. The van der Waals surface area contributed by atoms with E-state index < -0.39 is 0 Å². The minimum absolute atomic E-state index is 0.0924. The molecule has 1 aliphatic heterocycles. The van der Waals surface area contributed by atoms with Crippen LogP contribution in [0.4, 0.5) is 5.69 Å². The van der Waals surface area contributed by atoms with Gasteiger partial charge in [-0.3, -0.25) is 9.69 Å². The maximum Gasteiger partial charge on any atom is 0.237 e. The third kappa shape index (κ3) is 2.64. The fraction of sp³-hybridized carbons (Fsp3) is 0.500. The first kappa shape index (κ1) is 12.9. The molecule has 1 aliphatic rings. The van der Waals surface area contributed by atoms with E-state index in [1.807, 2.05) is 19.1 Å². The van der Waals surface area contributed by atoms with E-state index in [1.54, 1.807) is 0 Å². The maximum atomic E-state index is 11.9. The molecule has 1 aromatic rings. The van der Waals surface area contributed by atoms with Crippen LogP contribution in [0, 0.1) is 0 Å². The smallest absolute Gasteiger partial charge is 0.237 e. The summed E-state index contributed by atoms with van der Waals surface area (Å²) in [5.74, 6) is 0.109. The average Bonchev–Trinajstić information content (AvgIpc) is 2.77. The molecule has 0 saturated carbocycles. The van der Waals surface area contributed by atoms with Crippen LogP contribution in [0.2, 0.25) is 0 Å². The Morgan fingerprint density at radius 1 is 1.44 bits per heavy atom. The van der Waals surface area contributed by atoms with Crippen molar-refractivity contribution in [3.63, 3.8) is 0 Å². The first-order valence-corrected chi connectivity index (χ1v) is 6.51. The minimum atomic E-state index is -0.0924. The van der Waals surface area contributed by atoms with Gasteiger partial charge in [0.2, 0.25) is 5.91 Å². The quantitative estimate of drug-likeness (QED) is 0.793. The van der Waals surface area contributed by atoms with Crippen molar-refractivity contribution in [2.24, 2.45) is 0 Å². The fourth-order valence-electron chi connectivity index (χ4n) is 2.28. The Morgan fingerprint density at radius 2 is 2.17 bits per heavy atom. The molecular weight excluding hydrogens is 226 g/mol. The fourth-order valence-corrected chi connectivity index (χ4v) is 2.28. The molecule has 1 heterocycles. The molecule has 0 spiro atoms. The Bertz CT molecular complexity index is 445. The second-order valence-electron chi connectivity index (χ2n) is 4.90. The Balaban J connectivity index is 1.99. The van der Waals surface area contributed by atoms with Crippen LogP contribution in [0.3, 0.4) is 0 Å². The Kier molecular flexibility index (Phi) is 3.87. The summed E-state index contributed by atoms with van der Waals surface area (Å²) >= 11 is 0. The van der Waals surface area contributed by atoms with Crippen LogP contribution in [-0.2, 0) is 17.9 Å². The zero-order valence-electron chi connectivity index (χ0n) is 11.1. The summed E-state index contributed by atoms with van der Waals surface area (Å²) < 4.78 is 0. The van der Waals surface area contributed by atoms with Gasteiger partial charge in [-0.1, -0.05) is 13.0 Å². The van der Waals surface area contributed by atoms with Gasteiger partial charge in [0, 0.05) is 25.3 Å². The lowest BCUT2D eigenvalue weighted by molar-refractivity contribution is -0.126. The molecule has 1 unspecified atom stereocenters. The number of benzene rings is 1. The largest absolute Gasteiger partial charge is 0.399 e. The van der Waals surface area contributed by atoms with Crippen molar-refractivity contribution >= 4 is 11.6 Å². The van der Waals surface area contributed by atoms with Gasteiger partial charge in [-0.15, -0.1) is 0 Å². The lowest BCUT2D eigenvalue weighted by Crippen LogP contribution is -2.42. The first-order chi connectivity index (χ1) is 8.61. The number of hydrogen-bond acceptors (Lipinski definition) is 3. The van der Waals surface area contributed by atoms with E-state index >= 15 is 0 Å². The average molecular weight is 247 g/mol. The number of amides is 1. The summed E-state index contributed by atoms with van der Waals surface area (Å²) in [6, 6.07) is 5.89. The molecule has 4 heteroatoms. The number of carbonyl (C=O) groups excluding carboxylic acids is 1. The van der Waals surface area contributed by atoms with Crippen molar-refractivity contribution in [2.45, 2.75) is 39.4 Å². The second-order valence-corrected chi connectivity index (χ2v) is 4.90. The van der Waals surface area contributed by atoms with Crippen LogP contribution in [0.25, 0.3) is 0 Å². The summed E-state index contributed by atoms with van der Waals surface area (Å²) in [4.78, 5) is 14.1. The standard InChI is InChI=1S/C14H21N3O/c1-3-6-16-14(18)10(2)17-8-11-4-5-13(15)7-12(11)9-17/h4-5,7,10H,3,6,8-9,15H2,1-2H3,(H,16,18). The molecule has 0 bridgehead atoms. The van der Waals surface area contributed by atoms with E-state index in [0.29, 0.717) is 0 Å². The summed E-state index contributed by atoms with van der Waals surface area (Å²) in [6.45, 7) is 6.40. The molecular formula is C14H21N3O. The van der Waals surface area contributed by atoms with Crippen molar-refractivity contribution in [1.82, 2.24) is 10.2 Å². The highest BCUT2D eigenvalue weighted by Crippen LogP contribution is 2.26. The highest BCUT2D eigenvalue weighted by atomic mass is 16.2. The van der Waals surface area contributed by atoms with Crippen LogP contribution in [-0.4, -0.2) is 23.4 Å². The van der Waals surface area contributed by atoms with Crippen LogP contribution in [0.5, 0.6) is 0 Å². The Hall–Kier alpha value is -1.55. The predicted molar refractivity (Wildman–Crippen MR) is 72.9 cm³/mol. The number of fused-ring (bicyclic) bond motifs is 1. The number of anilines is 1. The van der Waals surface area contributed by atoms with Gasteiger partial charge in [-0.25, -0.2) is 0 Å². The van der Waals surface area contributed by atoms with Crippen molar-refractivity contribution in [3.8, 4) is 0 Å². The number of carbonyl (C=O) groups is 1. The molecule has 2 rings (SSSR count). The number of nitrogens with zero attached hydrogens (tertiary/aromatic N) is 1. The molecule has 0 saturated heterocycles. The predicted octanol–water partition coefficient (Wildman–Crippen LogP) is 1.50. The highest BCUT2D eigenvalue weighted by molar-refractivity contribution is 5.81. The van der Waals surface area contributed by atoms with E-state index in [4.69, 9.17) is 5.73 Å². The number of hydrogen-bond donors (Lipinski definition) is 2. The van der Waals surface area contributed by atoms with Crippen LogP contribution >= 0.6 is 0 Å². The zero-order valence-corrected chi connectivity index (χ0v) is 11.1. The van der Waals surface area contributed by atoms with E-state index in [9.17, 15) is 4.79 Å². The molecule has 1 atom stereocenters. The van der Waals surface area contributed by atoms with Gasteiger partial charge in [-0.05, 0) is 36.6 Å². The van der Waals surface area contributed by atoms with Gasteiger partial charge in [0.25, 0.3) is 0 Å². The summed E-state index contributed by atoms with van der Waals surface area (Å²) in [7, 11) is 0. The maximum absolute atomic E-state index is 11.9. The monoisotopic (exact) mass is 247 g/mol. The van der Waals surface area contributed by atoms with E-state index in [2.05, 4.69) is 23.2 Å². The molecule has 4 nitrogen and oxygen atoms in total. The number of nitrogens with two attached hydrogens (primary N) is 1. The molecule has 0 aromatic heterocycles. The lowest BCUT2D eigenvalue weighted by atomic mass is 10.1. The van der Waals surface area contributed by atoms with E-state index in [-0.39, 0.29) is 11.9 Å². The lowest BCUT2D eigenvalue weighted by Gasteiger charge is -2.22. The summed E-state index contributed by atoms with van der Waals surface area (Å²) in [6.07, 6.45) is 0.967. The SMILES string of the molecule is CCCNC(=O)C(C)N1Cc2ccc(N)cc2C1. The molecule has 0 aliphatic carbocycles. The van der Waals surface area contributed by atoms with E-state index in [1.165, 1.54) is 11.1 Å². The molecule has 0 fully saturated rings. The third-order valence-corrected chi connectivity index (χ3v) is 3.45. The van der Waals surface area contributed by atoms with Gasteiger partial charge in [0.05, 0.1) is 6.04 Å². The molecule has 1 amide bonds. The topological polar surface area (TPSA) is 58.4 Å². The van der Waals surface area contributed by atoms with Crippen LogP contribution in [0.15, 0.2) is 18.2 Å². The van der Waals surface area contributed by atoms with E-state index in [0.717, 1.165) is 31.7 Å². The van der Waals surface area contributed by atoms with Crippen molar-refractivity contribution in [3.05, 3.63) is 29.3 Å². The van der Waals surface area contributed by atoms with Gasteiger partial charge < -0.3 is 11.1 Å². The zero-order chi connectivity index (χ0) is 13.1. The van der Waals surface area contributed by atoms with Crippen molar-refractivity contribution in [2.75, 3.05) is 12.3 Å². The Morgan fingerprint density at radius 3 is 2.89 bits per heavy atom.